The van der Waals surface area contributed by atoms with E-state index in [0.29, 0.717) is 12.1 Å². The van der Waals surface area contributed by atoms with Crippen LogP contribution in [-0.2, 0) is 4.79 Å². The Balaban J connectivity index is 1.70. The quantitative estimate of drug-likeness (QED) is 0.718. The van der Waals surface area contributed by atoms with Crippen molar-refractivity contribution < 1.29 is 9.59 Å². The number of amides is 2. The van der Waals surface area contributed by atoms with Crippen molar-refractivity contribution >= 4 is 11.8 Å². The Hall–Kier alpha value is -1.88. The summed E-state index contributed by atoms with van der Waals surface area (Å²) in [7, 11) is 0. The van der Waals surface area contributed by atoms with E-state index < -0.39 is 0 Å². The van der Waals surface area contributed by atoms with E-state index in [1.807, 2.05) is 6.07 Å². The van der Waals surface area contributed by atoms with Gasteiger partial charge in [0.1, 0.15) is 0 Å². The van der Waals surface area contributed by atoms with Crippen LogP contribution >= 0.6 is 0 Å². The molecule has 0 aliphatic heterocycles. The minimum atomic E-state index is -0.248. The second-order valence-corrected chi connectivity index (χ2v) is 5.04. The first-order valence-corrected chi connectivity index (χ1v) is 6.48. The van der Waals surface area contributed by atoms with Gasteiger partial charge in [0.25, 0.3) is 5.91 Å². The highest BCUT2D eigenvalue weighted by atomic mass is 16.2. The van der Waals surface area contributed by atoms with E-state index in [1.54, 1.807) is 24.3 Å². The van der Waals surface area contributed by atoms with Crippen molar-refractivity contribution in [1.82, 2.24) is 10.6 Å². The average molecular weight is 261 g/mol. The van der Waals surface area contributed by atoms with Crippen molar-refractivity contribution in [2.24, 2.45) is 5.73 Å². The molecule has 0 bridgehead atoms. The molecule has 0 atom stereocenters. The number of carbonyl (C=O) groups excluding carboxylic acids is 2. The van der Waals surface area contributed by atoms with Crippen LogP contribution in [-0.4, -0.2) is 30.4 Å². The van der Waals surface area contributed by atoms with Gasteiger partial charge >= 0.3 is 0 Å². The third kappa shape index (κ3) is 3.79. The fraction of sp³-hybridized carbons (Fsp3) is 0.429. The minimum absolute atomic E-state index is 0.0240. The molecule has 0 radical (unpaired) electrons. The molecule has 1 aliphatic rings. The second-order valence-electron chi connectivity index (χ2n) is 5.04. The van der Waals surface area contributed by atoms with Gasteiger partial charge < -0.3 is 16.4 Å². The summed E-state index contributed by atoms with van der Waals surface area (Å²) in [4.78, 5) is 23.3. The maximum Gasteiger partial charge on any atom is 0.251 e. The maximum absolute atomic E-state index is 11.7. The summed E-state index contributed by atoms with van der Waals surface area (Å²) < 4.78 is 0. The Morgan fingerprint density at radius 1 is 1.16 bits per heavy atom. The molecular weight excluding hydrogens is 242 g/mol. The molecule has 2 amide bonds. The molecule has 19 heavy (non-hydrogen) atoms. The van der Waals surface area contributed by atoms with Gasteiger partial charge in [0.15, 0.2) is 0 Å². The van der Waals surface area contributed by atoms with Crippen LogP contribution in [0.1, 0.15) is 29.6 Å². The Kier molecular flexibility index (Phi) is 4.16. The summed E-state index contributed by atoms with van der Waals surface area (Å²) >= 11 is 0. The maximum atomic E-state index is 11.7. The SMILES string of the molecule is NC1(CNC(=O)CNC(=O)c2ccccc2)CCC1. The summed E-state index contributed by atoms with van der Waals surface area (Å²) in [5, 5.41) is 5.33. The highest BCUT2D eigenvalue weighted by Crippen LogP contribution is 2.27. The van der Waals surface area contributed by atoms with Crippen LogP contribution in [0.15, 0.2) is 30.3 Å². The van der Waals surface area contributed by atoms with E-state index in [-0.39, 0.29) is 23.9 Å². The average Bonchev–Trinajstić information content (AvgIpc) is 2.41. The standard InChI is InChI=1S/C14H19N3O2/c15-14(7-4-8-14)10-17-12(18)9-16-13(19)11-5-2-1-3-6-11/h1-3,5-6H,4,7-10,15H2,(H,16,19)(H,17,18). The molecule has 2 rings (SSSR count). The summed E-state index contributed by atoms with van der Waals surface area (Å²) in [5.74, 6) is -0.456. The Morgan fingerprint density at radius 3 is 2.42 bits per heavy atom. The highest BCUT2D eigenvalue weighted by Gasteiger charge is 2.32. The van der Waals surface area contributed by atoms with Crippen LogP contribution < -0.4 is 16.4 Å². The predicted octanol–water partition coefficient (Wildman–Crippen LogP) is 0.414. The van der Waals surface area contributed by atoms with Crippen LogP contribution in [0.2, 0.25) is 0 Å². The molecule has 5 heteroatoms. The van der Waals surface area contributed by atoms with Crippen molar-refractivity contribution in [3.8, 4) is 0 Å². The van der Waals surface area contributed by atoms with Crippen molar-refractivity contribution in [2.75, 3.05) is 13.1 Å². The number of nitrogens with two attached hydrogens (primary N) is 1. The zero-order valence-corrected chi connectivity index (χ0v) is 10.8. The summed E-state index contributed by atoms with van der Waals surface area (Å²) in [6.45, 7) is 0.455. The normalized spacial score (nSPS) is 16.3. The van der Waals surface area contributed by atoms with Crippen LogP contribution in [0.4, 0.5) is 0 Å². The molecule has 1 saturated carbocycles. The molecule has 0 spiro atoms. The van der Waals surface area contributed by atoms with Crippen molar-refractivity contribution in [3.63, 3.8) is 0 Å². The number of carbonyl (C=O) groups is 2. The lowest BCUT2D eigenvalue weighted by atomic mass is 9.78. The van der Waals surface area contributed by atoms with E-state index >= 15 is 0 Å². The van der Waals surface area contributed by atoms with Gasteiger partial charge in [0.2, 0.25) is 5.91 Å². The molecule has 4 N–H and O–H groups in total. The van der Waals surface area contributed by atoms with Crippen LogP contribution in [0, 0.1) is 0 Å². The third-order valence-electron chi connectivity index (χ3n) is 3.43. The molecule has 1 aliphatic carbocycles. The summed E-state index contributed by atoms with van der Waals surface area (Å²) in [6, 6.07) is 8.81. The first-order valence-electron chi connectivity index (χ1n) is 6.48. The van der Waals surface area contributed by atoms with Crippen molar-refractivity contribution in [2.45, 2.75) is 24.8 Å². The molecule has 0 heterocycles. The van der Waals surface area contributed by atoms with Gasteiger partial charge in [-0.1, -0.05) is 18.2 Å². The molecule has 1 aromatic carbocycles. The lowest BCUT2D eigenvalue weighted by Crippen LogP contribution is -2.55. The van der Waals surface area contributed by atoms with Crippen molar-refractivity contribution in [3.05, 3.63) is 35.9 Å². The number of hydrogen-bond donors (Lipinski definition) is 3. The van der Waals surface area contributed by atoms with Crippen LogP contribution in [0.3, 0.4) is 0 Å². The number of hydrogen-bond acceptors (Lipinski definition) is 3. The fourth-order valence-corrected chi connectivity index (χ4v) is 2.00. The second kappa shape index (κ2) is 5.84. The Labute approximate surface area is 112 Å². The van der Waals surface area contributed by atoms with Gasteiger partial charge in [-0.25, -0.2) is 0 Å². The van der Waals surface area contributed by atoms with E-state index in [9.17, 15) is 9.59 Å². The number of benzene rings is 1. The van der Waals surface area contributed by atoms with Gasteiger partial charge in [-0.05, 0) is 31.4 Å². The lowest BCUT2D eigenvalue weighted by molar-refractivity contribution is -0.120. The van der Waals surface area contributed by atoms with Gasteiger partial charge in [0, 0.05) is 17.6 Å². The summed E-state index contributed by atoms with van der Waals surface area (Å²) in [5.41, 5.74) is 6.30. The molecule has 5 nitrogen and oxygen atoms in total. The molecule has 1 fully saturated rings. The molecule has 0 aromatic heterocycles. The molecule has 0 unspecified atom stereocenters. The Bertz CT molecular complexity index is 455. The highest BCUT2D eigenvalue weighted by molar-refractivity contribution is 5.96. The molecule has 1 aromatic rings. The lowest BCUT2D eigenvalue weighted by Gasteiger charge is -2.38. The molecule has 102 valence electrons. The van der Waals surface area contributed by atoms with Gasteiger partial charge in [-0.15, -0.1) is 0 Å². The topological polar surface area (TPSA) is 84.2 Å². The molecule has 0 saturated heterocycles. The van der Waals surface area contributed by atoms with E-state index in [1.165, 1.54) is 0 Å². The zero-order valence-electron chi connectivity index (χ0n) is 10.8. The number of nitrogens with one attached hydrogen (secondary N) is 2. The smallest absolute Gasteiger partial charge is 0.251 e. The molecular formula is C14H19N3O2. The minimum Gasteiger partial charge on any atom is -0.353 e. The monoisotopic (exact) mass is 261 g/mol. The van der Waals surface area contributed by atoms with Crippen LogP contribution in [0.25, 0.3) is 0 Å². The number of rotatable bonds is 5. The first-order chi connectivity index (χ1) is 9.09. The van der Waals surface area contributed by atoms with Gasteiger partial charge in [0.05, 0.1) is 6.54 Å². The van der Waals surface area contributed by atoms with Crippen LogP contribution in [0.5, 0.6) is 0 Å². The van der Waals surface area contributed by atoms with E-state index in [0.717, 1.165) is 19.3 Å². The first kappa shape index (κ1) is 13.5. The van der Waals surface area contributed by atoms with E-state index in [4.69, 9.17) is 5.73 Å². The summed E-state index contributed by atoms with van der Waals surface area (Å²) in [6.07, 6.45) is 3.02. The largest absolute Gasteiger partial charge is 0.353 e. The predicted molar refractivity (Wildman–Crippen MR) is 72.6 cm³/mol. The van der Waals surface area contributed by atoms with Gasteiger partial charge in [-0.2, -0.15) is 0 Å². The Morgan fingerprint density at radius 2 is 1.84 bits per heavy atom. The zero-order chi connectivity index (χ0) is 13.7. The van der Waals surface area contributed by atoms with Crippen molar-refractivity contribution in [1.29, 1.82) is 0 Å². The van der Waals surface area contributed by atoms with Gasteiger partial charge in [-0.3, -0.25) is 9.59 Å². The fourth-order valence-electron chi connectivity index (χ4n) is 2.00. The van der Waals surface area contributed by atoms with E-state index in [2.05, 4.69) is 10.6 Å². The third-order valence-corrected chi connectivity index (χ3v) is 3.43.